The molecule has 1 saturated carbocycles. The van der Waals surface area contributed by atoms with E-state index in [1.54, 1.807) is 24.3 Å². The fourth-order valence-electron chi connectivity index (χ4n) is 2.45. The van der Waals surface area contributed by atoms with Gasteiger partial charge in [0, 0.05) is 11.6 Å². The smallest absolute Gasteiger partial charge is 0.339 e. The van der Waals surface area contributed by atoms with Crippen molar-refractivity contribution in [1.82, 2.24) is 5.32 Å². The molecule has 4 heteroatoms. The number of nitrogens with one attached hydrogen (secondary N) is 1. The molecule has 1 amide bonds. The fourth-order valence-corrected chi connectivity index (χ4v) is 2.45. The van der Waals surface area contributed by atoms with Crippen molar-refractivity contribution in [3.05, 3.63) is 70.8 Å². The number of benzene rings is 2. The van der Waals surface area contributed by atoms with Gasteiger partial charge in [0.15, 0.2) is 0 Å². The Bertz CT molecular complexity index is 751. The van der Waals surface area contributed by atoms with Crippen LogP contribution in [0.5, 0.6) is 0 Å². The molecule has 124 valence electrons. The van der Waals surface area contributed by atoms with Gasteiger partial charge in [-0.2, -0.15) is 0 Å². The molecule has 1 fully saturated rings. The molecule has 2 aromatic rings. The first-order valence-electron chi connectivity index (χ1n) is 8.18. The highest BCUT2D eigenvalue weighted by molar-refractivity contribution is 5.93. The van der Waals surface area contributed by atoms with Crippen LogP contribution in [0.2, 0.25) is 0 Å². The van der Waals surface area contributed by atoms with Crippen LogP contribution < -0.4 is 5.32 Å². The van der Waals surface area contributed by atoms with Crippen molar-refractivity contribution in [2.24, 2.45) is 0 Å². The van der Waals surface area contributed by atoms with Gasteiger partial charge in [0.1, 0.15) is 0 Å². The number of amides is 1. The van der Waals surface area contributed by atoms with Crippen molar-refractivity contribution in [1.29, 1.82) is 0 Å². The second-order valence-corrected chi connectivity index (χ2v) is 6.28. The maximum atomic E-state index is 12.5. The number of aryl methyl sites for hydroxylation is 2. The van der Waals surface area contributed by atoms with Crippen molar-refractivity contribution in [3.8, 4) is 0 Å². The molecule has 24 heavy (non-hydrogen) atoms. The molecule has 0 radical (unpaired) electrons. The van der Waals surface area contributed by atoms with Crippen LogP contribution in [0.25, 0.3) is 0 Å². The summed E-state index contributed by atoms with van der Waals surface area (Å²) in [5.41, 5.74) is 3.26. The van der Waals surface area contributed by atoms with Gasteiger partial charge in [0.25, 0.3) is 5.91 Å². The Kier molecular flexibility index (Phi) is 4.65. The van der Waals surface area contributed by atoms with Crippen LogP contribution in [0.4, 0.5) is 0 Å². The summed E-state index contributed by atoms with van der Waals surface area (Å²) < 4.78 is 5.56. The number of hydrogen-bond donors (Lipinski definition) is 1. The van der Waals surface area contributed by atoms with E-state index in [-0.39, 0.29) is 11.9 Å². The Morgan fingerprint density at radius 1 is 1.04 bits per heavy atom. The minimum Gasteiger partial charge on any atom is -0.444 e. The fraction of sp³-hybridized carbons (Fsp3) is 0.300. The molecule has 2 aromatic carbocycles. The van der Waals surface area contributed by atoms with Crippen LogP contribution in [0.15, 0.2) is 48.5 Å². The van der Waals surface area contributed by atoms with Crippen LogP contribution in [0.3, 0.4) is 0 Å². The van der Waals surface area contributed by atoms with E-state index < -0.39 is 12.1 Å². The van der Waals surface area contributed by atoms with Crippen LogP contribution >= 0.6 is 0 Å². The van der Waals surface area contributed by atoms with E-state index >= 15 is 0 Å². The molecule has 0 bridgehead atoms. The van der Waals surface area contributed by atoms with Gasteiger partial charge in [0.2, 0.25) is 6.10 Å². The third-order valence-electron chi connectivity index (χ3n) is 4.23. The third-order valence-corrected chi connectivity index (χ3v) is 4.23. The maximum Gasteiger partial charge on any atom is 0.339 e. The standard InChI is InChI=1S/C20H21NO3/c1-13-8-9-16(12-14(13)2)20(23)24-18(15-6-4-3-5-7-15)19(22)21-17-10-11-17/h3-9,12,17-18H,10-11H2,1-2H3,(H,21,22)/t18-/m1/s1. The lowest BCUT2D eigenvalue weighted by Crippen LogP contribution is -2.33. The van der Waals surface area contributed by atoms with Gasteiger partial charge in [-0.15, -0.1) is 0 Å². The molecule has 4 nitrogen and oxygen atoms in total. The predicted octanol–water partition coefficient (Wildman–Crippen LogP) is 3.48. The molecule has 1 N–H and O–H groups in total. The topological polar surface area (TPSA) is 55.4 Å². The summed E-state index contributed by atoms with van der Waals surface area (Å²) in [6.07, 6.45) is 1.04. The summed E-state index contributed by atoms with van der Waals surface area (Å²) in [5.74, 6) is -0.751. The molecule has 0 spiro atoms. The minimum atomic E-state index is -0.930. The first-order chi connectivity index (χ1) is 11.5. The van der Waals surface area contributed by atoms with E-state index in [1.807, 2.05) is 38.1 Å². The second kappa shape index (κ2) is 6.87. The minimum absolute atomic E-state index is 0.212. The van der Waals surface area contributed by atoms with Gasteiger partial charge in [-0.05, 0) is 49.9 Å². The Morgan fingerprint density at radius 2 is 1.75 bits per heavy atom. The quantitative estimate of drug-likeness (QED) is 0.857. The largest absolute Gasteiger partial charge is 0.444 e. The van der Waals surface area contributed by atoms with Crippen molar-refractivity contribution in [2.75, 3.05) is 0 Å². The lowest BCUT2D eigenvalue weighted by molar-refractivity contribution is -0.130. The molecule has 0 saturated heterocycles. The number of hydrogen-bond acceptors (Lipinski definition) is 3. The Morgan fingerprint density at radius 3 is 2.38 bits per heavy atom. The van der Waals surface area contributed by atoms with Crippen molar-refractivity contribution >= 4 is 11.9 Å². The highest BCUT2D eigenvalue weighted by Gasteiger charge is 2.31. The Labute approximate surface area is 141 Å². The summed E-state index contributed by atoms with van der Waals surface area (Å²) in [6, 6.07) is 14.7. The summed E-state index contributed by atoms with van der Waals surface area (Å²) in [7, 11) is 0. The zero-order valence-corrected chi connectivity index (χ0v) is 13.9. The molecule has 3 rings (SSSR count). The van der Waals surface area contributed by atoms with Crippen LogP contribution in [0, 0.1) is 13.8 Å². The van der Waals surface area contributed by atoms with Crippen LogP contribution in [-0.4, -0.2) is 17.9 Å². The SMILES string of the molecule is Cc1ccc(C(=O)O[C@@H](C(=O)NC2CC2)c2ccccc2)cc1C. The monoisotopic (exact) mass is 323 g/mol. The van der Waals surface area contributed by atoms with Gasteiger partial charge >= 0.3 is 5.97 Å². The van der Waals surface area contributed by atoms with Gasteiger partial charge in [-0.1, -0.05) is 36.4 Å². The highest BCUT2D eigenvalue weighted by Crippen LogP contribution is 2.24. The average Bonchev–Trinajstić information content (AvgIpc) is 3.39. The first-order valence-corrected chi connectivity index (χ1v) is 8.18. The molecule has 0 heterocycles. The zero-order valence-electron chi connectivity index (χ0n) is 13.9. The second-order valence-electron chi connectivity index (χ2n) is 6.28. The summed E-state index contributed by atoms with van der Waals surface area (Å²) in [5, 5.41) is 2.91. The van der Waals surface area contributed by atoms with E-state index in [9.17, 15) is 9.59 Å². The normalized spacial score (nSPS) is 14.8. The molecule has 0 aliphatic heterocycles. The predicted molar refractivity (Wildman–Crippen MR) is 91.7 cm³/mol. The number of carbonyl (C=O) groups is 2. The van der Waals surface area contributed by atoms with E-state index in [0.717, 1.165) is 24.0 Å². The van der Waals surface area contributed by atoms with Crippen LogP contribution in [0.1, 0.15) is 46.0 Å². The summed E-state index contributed by atoms with van der Waals surface area (Å²) in [6.45, 7) is 3.93. The maximum absolute atomic E-state index is 12.5. The van der Waals surface area contributed by atoms with E-state index in [0.29, 0.717) is 11.1 Å². The molecule has 0 aromatic heterocycles. The van der Waals surface area contributed by atoms with Gasteiger partial charge in [0.05, 0.1) is 5.56 Å². The summed E-state index contributed by atoms with van der Waals surface area (Å²) >= 11 is 0. The van der Waals surface area contributed by atoms with Gasteiger partial charge in [-0.25, -0.2) is 4.79 Å². The van der Waals surface area contributed by atoms with Crippen molar-refractivity contribution in [2.45, 2.75) is 38.8 Å². The van der Waals surface area contributed by atoms with Gasteiger partial charge < -0.3 is 10.1 Å². The number of carbonyl (C=O) groups excluding carboxylic acids is 2. The highest BCUT2D eigenvalue weighted by atomic mass is 16.5. The third kappa shape index (κ3) is 3.82. The average molecular weight is 323 g/mol. The van der Waals surface area contributed by atoms with E-state index in [1.165, 1.54) is 0 Å². The Hall–Kier alpha value is -2.62. The van der Waals surface area contributed by atoms with E-state index in [2.05, 4.69) is 5.32 Å². The molecular weight excluding hydrogens is 302 g/mol. The molecule has 0 unspecified atom stereocenters. The van der Waals surface area contributed by atoms with Crippen LogP contribution in [-0.2, 0) is 9.53 Å². The van der Waals surface area contributed by atoms with Gasteiger partial charge in [-0.3, -0.25) is 4.79 Å². The van der Waals surface area contributed by atoms with Crippen molar-refractivity contribution < 1.29 is 14.3 Å². The number of esters is 1. The summed E-state index contributed by atoms with van der Waals surface area (Å²) in [4.78, 5) is 25.0. The molecular formula is C20H21NO3. The lowest BCUT2D eigenvalue weighted by atomic mass is 10.1. The Balaban J connectivity index is 1.81. The number of ether oxygens (including phenoxy) is 1. The number of rotatable bonds is 5. The lowest BCUT2D eigenvalue weighted by Gasteiger charge is -2.18. The zero-order chi connectivity index (χ0) is 17.1. The van der Waals surface area contributed by atoms with E-state index in [4.69, 9.17) is 4.74 Å². The molecule has 1 aliphatic carbocycles. The first kappa shape index (κ1) is 16.2. The molecule has 1 atom stereocenters. The molecule has 1 aliphatic rings. The van der Waals surface area contributed by atoms with Crippen molar-refractivity contribution in [3.63, 3.8) is 0 Å².